The number of nitrogens with two attached hydrogens (primary N) is 1. The molecule has 0 fully saturated rings. The Bertz CT molecular complexity index is 685. The Kier molecular flexibility index (Phi) is 3.51. The summed E-state index contributed by atoms with van der Waals surface area (Å²) in [5, 5.41) is 4.49. The average Bonchev–Trinajstić information content (AvgIpc) is 2.81. The summed E-state index contributed by atoms with van der Waals surface area (Å²) in [7, 11) is 0. The zero-order valence-corrected chi connectivity index (χ0v) is 11.5. The van der Waals surface area contributed by atoms with Crippen LogP contribution < -0.4 is 5.73 Å². The van der Waals surface area contributed by atoms with Gasteiger partial charge in [0.1, 0.15) is 0 Å². The van der Waals surface area contributed by atoms with Gasteiger partial charge in [-0.2, -0.15) is 0 Å². The predicted molar refractivity (Wildman–Crippen MR) is 78.3 cm³/mol. The molecule has 0 saturated heterocycles. The van der Waals surface area contributed by atoms with Crippen molar-refractivity contribution < 1.29 is 0 Å². The third kappa shape index (κ3) is 2.73. The minimum absolute atomic E-state index is 0.646. The molecule has 0 aliphatic rings. The van der Waals surface area contributed by atoms with Crippen molar-refractivity contribution in [3.05, 3.63) is 59.8 Å². The van der Waals surface area contributed by atoms with E-state index in [0.717, 1.165) is 22.2 Å². The van der Waals surface area contributed by atoms with E-state index in [1.165, 1.54) is 0 Å². The minimum Gasteiger partial charge on any atom is -0.399 e. The molecule has 0 spiro atoms. The summed E-state index contributed by atoms with van der Waals surface area (Å²) in [5.74, 6) is 0.660. The largest absolute Gasteiger partial charge is 0.399 e. The number of rotatable bonds is 3. The molecule has 2 N–H and O–H groups in total. The lowest BCUT2D eigenvalue weighted by atomic mass is 10.1. The van der Waals surface area contributed by atoms with Crippen molar-refractivity contribution in [2.45, 2.75) is 20.8 Å². The molecule has 0 saturated carbocycles. The molecule has 0 bridgehead atoms. The molecular weight excluding hydrogens is 236 g/mol. The summed E-state index contributed by atoms with van der Waals surface area (Å²) >= 11 is 0. The van der Waals surface area contributed by atoms with Crippen LogP contribution in [0.25, 0.3) is 11.1 Å². The molecule has 2 aromatic heterocycles. The molecule has 98 valence electrons. The molecule has 19 heavy (non-hydrogen) atoms. The van der Waals surface area contributed by atoms with E-state index in [0.29, 0.717) is 11.5 Å². The number of nitrogens with zero attached hydrogens (tertiary/aromatic N) is 3. The zero-order chi connectivity index (χ0) is 14.0. The van der Waals surface area contributed by atoms with Crippen LogP contribution in [0.3, 0.4) is 0 Å². The van der Waals surface area contributed by atoms with E-state index < -0.39 is 0 Å². The molecule has 2 aromatic rings. The molecule has 4 heteroatoms. The maximum absolute atomic E-state index is 5.95. The summed E-state index contributed by atoms with van der Waals surface area (Å²) < 4.78 is 1.80. The smallest absolute Gasteiger partial charge is 0.180 e. The molecule has 4 nitrogen and oxygen atoms in total. The van der Waals surface area contributed by atoms with Crippen molar-refractivity contribution in [1.29, 1.82) is 0 Å². The molecule has 0 radical (unpaired) electrons. The predicted octanol–water partition coefficient (Wildman–Crippen LogP) is 2.94. The molecule has 0 amide bonds. The Morgan fingerprint density at radius 2 is 2.11 bits per heavy atom. The molecular formula is C15H18N4. The van der Waals surface area contributed by atoms with Crippen molar-refractivity contribution in [2.75, 3.05) is 0 Å². The van der Waals surface area contributed by atoms with Crippen LogP contribution in [-0.4, -0.2) is 14.6 Å². The Morgan fingerprint density at radius 3 is 2.74 bits per heavy atom. The molecule has 2 rings (SSSR count). The van der Waals surface area contributed by atoms with E-state index in [9.17, 15) is 0 Å². The van der Waals surface area contributed by atoms with E-state index in [-0.39, 0.29) is 0 Å². The molecule has 2 heterocycles. The molecule has 0 aliphatic carbocycles. The second-order valence-electron chi connectivity index (χ2n) is 4.75. The maximum Gasteiger partial charge on any atom is 0.180 e. The third-order valence-electron chi connectivity index (χ3n) is 2.85. The van der Waals surface area contributed by atoms with E-state index in [1.54, 1.807) is 10.7 Å². The van der Waals surface area contributed by atoms with Gasteiger partial charge in [0, 0.05) is 17.5 Å². The molecule has 0 aromatic carbocycles. The monoisotopic (exact) mass is 254 g/mol. The van der Waals surface area contributed by atoms with Gasteiger partial charge in [-0.1, -0.05) is 12.2 Å². The normalized spacial score (nSPS) is 11.6. The fraction of sp³-hybridized carbons (Fsp3) is 0.200. The topological polar surface area (TPSA) is 56.2 Å². The molecule has 0 aliphatic heterocycles. The Labute approximate surface area is 113 Å². The van der Waals surface area contributed by atoms with Crippen LogP contribution in [0.15, 0.2) is 54.0 Å². The Morgan fingerprint density at radius 1 is 1.37 bits per heavy atom. The Balaban J connectivity index is 2.54. The summed E-state index contributed by atoms with van der Waals surface area (Å²) in [4.78, 5) is 4.39. The first-order valence-electron chi connectivity index (χ1n) is 6.10. The van der Waals surface area contributed by atoms with E-state index in [2.05, 4.69) is 16.7 Å². The van der Waals surface area contributed by atoms with Gasteiger partial charge in [-0.3, -0.25) is 0 Å². The van der Waals surface area contributed by atoms with Gasteiger partial charge in [-0.25, -0.2) is 9.50 Å². The van der Waals surface area contributed by atoms with Crippen LogP contribution in [0.2, 0.25) is 0 Å². The van der Waals surface area contributed by atoms with Crippen LogP contribution >= 0.6 is 0 Å². The van der Waals surface area contributed by atoms with E-state index in [4.69, 9.17) is 5.73 Å². The lowest BCUT2D eigenvalue weighted by Gasteiger charge is -2.07. The number of allylic oxidation sites excluding steroid dienone is 4. The van der Waals surface area contributed by atoms with E-state index in [1.807, 2.05) is 45.2 Å². The number of aromatic nitrogens is 3. The summed E-state index contributed by atoms with van der Waals surface area (Å²) in [5.41, 5.74) is 10.4. The lowest BCUT2D eigenvalue weighted by molar-refractivity contribution is 0.883. The average molecular weight is 254 g/mol. The zero-order valence-electron chi connectivity index (χ0n) is 11.5. The molecule has 0 atom stereocenters. The van der Waals surface area contributed by atoms with Gasteiger partial charge in [0.25, 0.3) is 0 Å². The maximum atomic E-state index is 5.95. The van der Waals surface area contributed by atoms with Crippen LogP contribution in [0, 0.1) is 0 Å². The lowest BCUT2D eigenvalue weighted by Crippen LogP contribution is -2.03. The fourth-order valence-electron chi connectivity index (χ4n) is 1.67. The standard InChI is InChI=1S/C15H18N4/c1-10(2)13(8-14(16)11(3)4)15-17-9-12-6-5-7-19(12)18-15/h5-9H,3,16H2,1-2,4H3/b14-8+. The van der Waals surface area contributed by atoms with Crippen LogP contribution in [-0.2, 0) is 0 Å². The van der Waals surface area contributed by atoms with Crippen molar-refractivity contribution in [2.24, 2.45) is 5.73 Å². The highest BCUT2D eigenvalue weighted by atomic mass is 15.2. The van der Waals surface area contributed by atoms with Crippen molar-refractivity contribution in [1.82, 2.24) is 14.6 Å². The second kappa shape index (κ2) is 5.10. The first-order valence-corrected chi connectivity index (χ1v) is 6.10. The number of hydrogen-bond donors (Lipinski definition) is 1. The van der Waals surface area contributed by atoms with Gasteiger partial charge in [0.2, 0.25) is 0 Å². The van der Waals surface area contributed by atoms with Gasteiger partial charge in [-0.15, -0.1) is 5.10 Å². The quantitative estimate of drug-likeness (QED) is 0.857. The number of fused-ring (bicyclic) bond motifs is 1. The first-order chi connectivity index (χ1) is 8.99. The van der Waals surface area contributed by atoms with Crippen molar-refractivity contribution in [3.63, 3.8) is 0 Å². The fourth-order valence-corrected chi connectivity index (χ4v) is 1.67. The molecule has 0 unspecified atom stereocenters. The highest BCUT2D eigenvalue weighted by molar-refractivity contribution is 5.73. The van der Waals surface area contributed by atoms with Crippen LogP contribution in [0.4, 0.5) is 0 Å². The van der Waals surface area contributed by atoms with Crippen molar-refractivity contribution >= 4 is 11.1 Å². The second-order valence-corrected chi connectivity index (χ2v) is 4.75. The van der Waals surface area contributed by atoms with Gasteiger partial charge in [-0.05, 0) is 44.6 Å². The summed E-state index contributed by atoms with van der Waals surface area (Å²) in [6.45, 7) is 9.75. The highest BCUT2D eigenvalue weighted by Gasteiger charge is 2.07. The van der Waals surface area contributed by atoms with Gasteiger partial charge in [0.15, 0.2) is 5.82 Å². The Hall–Kier alpha value is -2.36. The SMILES string of the molecule is C=C(C)/C(N)=C\C(=C(C)C)c1ncc2cccn2n1. The minimum atomic E-state index is 0.646. The highest BCUT2D eigenvalue weighted by Crippen LogP contribution is 2.19. The summed E-state index contributed by atoms with van der Waals surface area (Å²) in [6.07, 6.45) is 5.58. The van der Waals surface area contributed by atoms with Gasteiger partial charge < -0.3 is 5.73 Å². The van der Waals surface area contributed by atoms with Crippen LogP contribution in [0.1, 0.15) is 26.6 Å². The third-order valence-corrected chi connectivity index (χ3v) is 2.85. The van der Waals surface area contributed by atoms with Crippen LogP contribution in [0.5, 0.6) is 0 Å². The van der Waals surface area contributed by atoms with Crippen molar-refractivity contribution in [3.8, 4) is 0 Å². The van der Waals surface area contributed by atoms with Gasteiger partial charge >= 0.3 is 0 Å². The first kappa shape index (κ1) is 13.1. The number of hydrogen-bond acceptors (Lipinski definition) is 3. The van der Waals surface area contributed by atoms with Gasteiger partial charge in [0.05, 0.1) is 11.7 Å². The summed E-state index contributed by atoms with van der Waals surface area (Å²) in [6, 6.07) is 3.90. The van der Waals surface area contributed by atoms with E-state index >= 15 is 0 Å².